The predicted octanol–water partition coefficient (Wildman–Crippen LogP) is 4.15. The minimum atomic E-state index is -1.52. The molecule has 0 aromatic carbocycles. The molecule has 16 heavy (non-hydrogen) atoms. The molecule has 0 saturated carbocycles. The third kappa shape index (κ3) is 6.04. The molecular weight excluding hydrogens is 295 g/mol. The molecule has 0 aromatic rings. The summed E-state index contributed by atoms with van der Waals surface area (Å²) in [5, 5.41) is 0. The first-order valence-corrected chi connectivity index (χ1v) is 7.97. The minimum absolute atomic E-state index is 0. The standard InChI is InChI=1S/C11H19OSi.2ClH.Ti/c1-5-12-13(3,4)10(2)11-8-6-7-9-11;;;/h6,8,10H,5,7H2,1-4H3;2*1H;/q-1;;;. The van der Waals surface area contributed by atoms with Crippen molar-refractivity contribution in [2.75, 3.05) is 6.61 Å². The summed E-state index contributed by atoms with van der Waals surface area (Å²) in [6.07, 6.45) is 8.73. The van der Waals surface area contributed by atoms with E-state index in [1.807, 2.05) is 0 Å². The molecule has 0 bridgehead atoms. The van der Waals surface area contributed by atoms with E-state index < -0.39 is 8.32 Å². The van der Waals surface area contributed by atoms with Gasteiger partial charge in [-0.3, -0.25) is 6.08 Å². The van der Waals surface area contributed by atoms with Crippen LogP contribution in [0, 0.1) is 6.08 Å². The fourth-order valence-corrected chi connectivity index (χ4v) is 3.53. The maximum absolute atomic E-state index is 5.85. The predicted molar refractivity (Wildman–Crippen MR) is 73.5 cm³/mol. The molecule has 0 fully saturated rings. The summed E-state index contributed by atoms with van der Waals surface area (Å²) in [5.74, 6) is 0. The first-order chi connectivity index (χ1) is 6.08. The van der Waals surface area contributed by atoms with Gasteiger partial charge in [-0.25, -0.2) is 11.6 Å². The Kier molecular flexibility index (Phi) is 13.8. The van der Waals surface area contributed by atoms with Crippen molar-refractivity contribution >= 4 is 33.1 Å². The van der Waals surface area contributed by atoms with Crippen molar-refractivity contribution in [2.24, 2.45) is 0 Å². The second-order valence-electron chi connectivity index (χ2n) is 4.00. The van der Waals surface area contributed by atoms with Crippen LogP contribution in [-0.2, 0) is 26.1 Å². The van der Waals surface area contributed by atoms with Gasteiger partial charge in [0.1, 0.15) is 0 Å². The Morgan fingerprint density at radius 2 is 2.00 bits per heavy atom. The normalized spacial score (nSPS) is 15.4. The third-order valence-corrected chi connectivity index (χ3v) is 6.18. The molecule has 1 aliphatic rings. The fraction of sp³-hybridized carbons (Fsp3) is 0.636. The number of halogens is 2. The molecule has 0 radical (unpaired) electrons. The Morgan fingerprint density at radius 3 is 2.38 bits per heavy atom. The quantitative estimate of drug-likeness (QED) is 0.559. The Hall–Kier alpha value is 0.951. The second-order valence-corrected chi connectivity index (χ2v) is 8.36. The summed E-state index contributed by atoms with van der Waals surface area (Å²) < 4.78 is 5.85. The second kappa shape index (κ2) is 9.93. The van der Waals surface area contributed by atoms with Crippen LogP contribution in [-0.4, -0.2) is 14.9 Å². The van der Waals surface area contributed by atoms with Crippen molar-refractivity contribution in [3.63, 3.8) is 0 Å². The van der Waals surface area contributed by atoms with Gasteiger partial charge < -0.3 is 4.43 Å². The first kappa shape index (κ1) is 22.2. The summed E-state index contributed by atoms with van der Waals surface area (Å²) in [4.78, 5) is 0. The van der Waals surface area contributed by atoms with Crippen molar-refractivity contribution in [2.45, 2.75) is 38.9 Å². The molecule has 0 N–H and O–H groups in total. The van der Waals surface area contributed by atoms with Crippen LogP contribution >= 0.6 is 24.8 Å². The van der Waals surface area contributed by atoms with Crippen LogP contribution in [0.5, 0.6) is 0 Å². The zero-order chi connectivity index (χ0) is 9.90. The van der Waals surface area contributed by atoms with Crippen molar-refractivity contribution in [1.29, 1.82) is 0 Å². The molecule has 0 spiro atoms. The van der Waals surface area contributed by atoms with Crippen molar-refractivity contribution in [3.05, 3.63) is 23.8 Å². The number of allylic oxidation sites excluding steroid dienone is 4. The Bertz CT molecular complexity index is 242. The van der Waals surface area contributed by atoms with Crippen LogP contribution in [0.15, 0.2) is 17.7 Å². The topological polar surface area (TPSA) is 9.23 Å². The molecule has 0 amide bonds. The van der Waals surface area contributed by atoms with E-state index in [1.165, 1.54) is 5.57 Å². The Morgan fingerprint density at radius 1 is 1.44 bits per heavy atom. The molecule has 0 aromatic heterocycles. The van der Waals surface area contributed by atoms with Gasteiger partial charge in [-0.2, -0.15) is 6.08 Å². The summed E-state index contributed by atoms with van der Waals surface area (Å²) in [5.41, 5.74) is 1.91. The van der Waals surface area contributed by atoms with Gasteiger partial charge in [0.15, 0.2) is 8.32 Å². The first-order valence-electron chi connectivity index (χ1n) is 4.99. The molecule has 1 atom stereocenters. The summed E-state index contributed by atoms with van der Waals surface area (Å²) in [6.45, 7) is 9.73. The number of hydrogen-bond donors (Lipinski definition) is 0. The van der Waals surface area contributed by atoms with Crippen LogP contribution in [0.25, 0.3) is 0 Å². The van der Waals surface area contributed by atoms with E-state index in [0.29, 0.717) is 5.54 Å². The van der Waals surface area contributed by atoms with Crippen molar-refractivity contribution in [3.8, 4) is 0 Å². The van der Waals surface area contributed by atoms with Crippen LogP contribution in [0.2, 0.25) is 18.6 Å². The zero-order valence-electron chi connectivity index (χ0n) is 10.4. The molecule has 1 aliphatic carbocycles. The van der Waals surface area contributed by atoms with E-state index in [-0.39, 0.29) is 46.5 Å². The monoisotopic (exact) mass is 315 g/mol. The smallest absolute Gasteiger partial charge is 0.190 e. The largest absolute Gasteiger partial charge is 0.417 e. The Balaban J connectivity index is -0.000000563. The van der Waals surface area contributed by atoms with Gasteiger partial charge >= 0.3 is 0 Å². The number of rotatable bonds is 4. The van der Waals surface area contributed by atoms with Crippen LogP contribution in [0.1, 0.15) is 20.3 Å². The molecule has 5 heteroatoms. The van der Waals surface area contributed by atoms with Crippen molar-refractivity contribution < 1.29 is 26.1 Å². The van der Waals surface area contributed by atoms with Gasteiger partial charge in [0.2, 0.25) is 0 Å². The van der Waals surface area contributed by atoms with Crippen LogP contribution in [0.3, 0.4) is 0 Å². The van der Waals surface area contributed by atoms with E-state index in [1.54, 1.807) is 0 Å². The zero-order valence-corrected chi connectivity index (χ0v) is 14.6. The van der Waals surface area contributed by atoms with Gasteiger partial charge in [-0.1, -0.05) is 6.92 Å². The summed E-state index contributed by atoms with van der Waals surface area (Å²) in [6, 6.07) is 0. The third-order valence-electron chi connectivity index (χ3n) is 2.75. The number of hydrogen-bond acceptors (Lipinski definition) is 1. The maximum atomic E-state index is 5.85. The van der Waals surface area contributed by atoms with Crippen LogP contribution < -0.4 is 0 Å². The average Bonchev–Trinajstić information content (AvgIpc) is 2.54. The van der Waals surface area contributed by atoms with E-state index in [9.17, 15) is 0 Å². The van der Waals surface area contributed by atoms with Gasteiger partial charge in [-0.15, -0.1) is 31.2 Å². The van der Waals surface area contributed by atoms with E-state index in [2.05, 4.69) is 45.2 Å². The summed E-state index contributed by atoms with van der Waals surface area (Å²) in [7, 11) is -1.52. The van der Waals surface area contributed by atoms with Crippen LogP contribution in [0.4, 0.5) is 0 Å². The van der Waals surface area contributed by atoms with E-state index in [4.69, 9.17) is 4.43 Å². The SMILES string of the molecule is CCO[Si](C)(C)C(C)C1=[C-]CC=C1.Cl.Cl.[Ti]. The molecule has 1 nitrogen and oxygen atoms in total. The fourth-order valence-electron chi connectivity index (χ4n) is 1.59. The van der Waals surface area contributed by atoms with Gasteiger partial charge in [0.05, 0.1) is 0 Å². The van der Waals surface area contributed by atoms with Crippen molar-refractivity contribution in [1.82, 2.24) is 0 Å². The van der Waals surface area contributed by atoms with E-state index >= 15 is 0 Å². The molecule has 1 unspecified atom stereocenters. The molecule has 0 heterocycles. The molecule has 94 valence electrons. The molecular formula is C11H21Cl2OSiTi-. The van der Waals surface area contributed by atoms with Gasteiger partial charge in [0, 0.05) is 28.3 Å². The van der Waals surface area contributed by atoms with Gasteiger partial charge in [0.25, 0.3) is 0 Å². The molecule has 1 rings (SSSR count). The van der Waals surface area contributed by atoms with E-state index in [0.717, 1.165) is 13.0 Å². The molecule has 0 saturated heterocycles. The maximum Gasteiger partial charge on any atom is 0.190 e. The summed E-state index contributed by atoms with van der Waals surface area (Å²) >= 11 is 0. The minimum Gasteiger partial charge on any atom is -0.417 e. The van der Waals surface area contributed by atoms with Gasteiger partial charge in [-0.05, 0) is 25.6 Å². The average molecular weight is 316 g/mol. The Labute approximate surface area is 128 Å². The molecule has 0 aliphatic heterocycles.